The van der Waals surface area contributed by atoms with E-state index in [4.69, 9.17) is 22.3 Å². The molecule has 2 aromatic carbocycles. The van der Waals surface area contributed by atoms with Crippen molar-refractivity contribution in [2.45, 2.75) is 51.5 Å². The van der Waals surface area contributed by atoms with Gasteiger partial charge in [0, 0.05) is 12.1 Å². The third-order valence-corrected chi connectivity index (χ3v) is 7.05. The molecule has 188 valence electrons. The second-order valence-corrected chi connectivity index (χ2v) is 10.5. The van der Waals surface area contributed by atoms with Crippen LogP contribution in [0.15, 0.2) is 60.7 Å². The van der Waals surface area contributed by atoms with Crippen LogP contribution in [0, 0.1) is 12.8 Å². The maximum absolute atomic E-state index is 13.9. The number of hydrogen-bond donors (Lipinski definition) is 1. The molecule has 0 saturated carbocycles. The summed E-state index contributed by atoms with van der Waals surface area (Å²) >= 11 is 6.48. The summed E-state index contributed by atoms with van der Waals surface area (Å²) in [7, 11) is 0. The van der Waals surface area contributed by atoms with Crippen molar-refractivity contribution >= 4 is 29.7 Å². The van der Waals surface area contributed by atoms with Crippen molar-refractivity contribution in [2.24, 2.45) is 11.7 Å². The molecule has 1 aliphatic rings. The Bertz CT molecular complexity index is 1300. The van der Waals surface area contributed by atoms with Crippen LogP contribution >= 0.6 is 11.6 Å². The van der Waals surface area contributed by atoms with E-state index in [0.29, 0.717) is 18.7 Å². The van der Waals surface area contributed by atoms with Gasteiger partial charge in [0.15, 0.2) is 0 Å². The molecule has 2 unspecified atom stereocenters. The molecule has 0 saturated heterocycles. The van der Waals surface area contributed by atoms with Crippen LogP contribution in [0.3, 0.4) is 0 Å². The van der Waals surface area contributed by atoms with Gasteiger partial charge < -0.3 is 10.6 Å². The number of carbonyl (C=O) groups excluding carboxylic acids is 1. The van der Waals surface area contributed by atoms with E-state index in [-0.39, 0.29) is 23.2 Å². The highest BCUT2D eigenvalue weighted by atomic mass is 35.5. The monoisotopic (exact) mass is 501 g/mol. The number of rotatable bonds is 9. The molecule has 36 heavy (non-hydrogen) atoms. The average molecular weight is 502 g/mol. The van der Waals surface area contributed by atoms with E-state index in [1.165, 1.54) is 5.56 Å². The average Bonchev–Trinajstić information content (AvgIpc) is 2.87. The van der Waals surface area contributed by atoms with Crippen molar-refractivity contribution in [1.29, 1.82) is 0 Å². The van der Waals surface area contributed by atoms with Gasteiger partial charge in [0.2, 0.25) is 0 Å². The predicted molar refractivity (Wildman–Crippen MR) is 149 cm³/mol. The van der Waals surface area contributed by atoms with Gasteiger partial charge in [0.05, 0.1) is 22.5 Å². The molecular weight excluding hydrogens is 466 g/mol. The molecule has 0 spiro atoms. The quantitative estimate of drug-likeness (QED) is 0.431. The van der Waals surface area contributed by atoms with Gasteiger partial charge in [-0.3, -0.25) is 9.78 Å². The number of nitrogens with two attached hydrogens (primary N) is 1. The summed E-state index contributed by atoms with van der Waals surface area (Å²) in [5.41, 5.74) is 11.0. The van der Waals surface area contributed by atoms with E-state index < -0.39 is 0 Å². The molecule has 0 aliphatic heterocycles. The maximum atomic E-state index is 13.9. The minimum Gasteiger partial charge on any atom is -0.330 e. The molecule has 1 aliphatic carbocycles. The number of aromatic nitrogens is 1. The first-order valence-corrected chi connectivity index (χ1v) is 13.3. The van der Waals surface area contributed by atoms with Gasteiger partial charge in [-0.2, -0.15) is 0 Å². The lowest BCUT2D eigenvalue weighted by atomic mass is 9.90. The third kappa shape index (κ3) is 6.05. The lowest BCUT2D eigenvalue weighted by Gasteiger charge is -2.35. The number of carbonyl (C=O) groups is 1. The Morgan fingerprint density at radius 2 is 1.86 bits per heavy atom. The Balaban J connectivity index is 1.86. The molecule has 0 radical (unpaired) electrons. The maximum Gasteiger partial charge on any atom is 0.254 e. The Morgan fingerprint density at radius 3 is 2.53 bits per heavy atom. The lowest BCUT2D eigenvalue weighted by Crippen LogP contribution is -2.42. The van der Waals surface area contributed by atoms with E-state index >= 15 is 0 Å². The largest absolute Gasteiger partial charge is 0.330 e. The van der Waals surface area contributed by atoms with Crippen LogP contribution in [0.1, 0.15) is 65.5 Å². The SMILES string of the molecule is Cc1ccc(C(=O)N(CCCN)C(c2nc3c(cc2Cc2ccccc2)=CCC(Cl)C=3)C(C)C)cc1. The normalized spacial score (nSPS) is 15.6. The van der Waals surface area contributed by atoms with Crippen LogP contribution < -0.4 is 16.3 Å². The van der Waals surface area contributed by atoms with Crippen LogP contribution in [0.25, 0.3) is 12.2 Å². The van der Waals surface area contributed by atoms with Gasteiger partial charge in [-0.1, -0.05) is 68.0 Å². The van der Waals surface area contributed by atoms with Gasteiger partial charge in [0.25, 0.3) is 5.91 Å². The van der Waals surface area contributed by atoms with Crippen LogP contribution in [0.2, 0.25) is 0 Å². The fourth-order valence-electron chi connectivity index (χ4n) is 4.90. The first-order chi connectivity index (χ1) is 17.4. The number of nitrogens with zero attached hydrogens (tertiary/aromatic N) is 2. The number of hydrogen-bond acceptors (Lipinski definition) is 3. The van der Waals surface area contributed by atoms with Crippen LogP contribution in [-0.4, -0.2) is 34.3 Å². The minimum atomic E-state index is -0.196. The van der Waals surface area contributed by atoms with Crippen molar-refractivity contribution in [3.8, 4) is 0 Å². The molecule has 1 heterocycles. The minimum absolute atomic E-state index is 0.0121. The van der Waals surface area contributed by atoms with Crippen LogP contribution in [-0.2, 0) is 6.42 Å². The molecule has 5 heteroatoms. The summed E-state index contributed by atoms with van der Waals surface area (Å²) in [4.78, 5) is 21.1. The lowest BCUT2D eigenvalue weighted by molar-refractivity contribution is 0.0614. The number of benzene rings is 2. The smallest absolute Gasteiger partial charge is 0.254 e. The molecule has 4 rings (SSSR count). The fraction of sp³-hybridized carbons (Fsp3) is 0.355. The highest BCUT2D eigenvalue weighted by Crippen LogP contribution is 2.31. The number of pyridine rings is 1. The molecule has 2 atom stereocenters. The zero-order valence-corrected chi connectivity index (χ0v) is 22.2. The molecule has 4 nitrogen and oxygen atoms in total. The Labute approximate surface area is 219 Å². The van der Waals surface area contributed by atoms with Crippen molar-refractivity contribution < 1.29 is 4.79 Å². The zero-order chi connectivity index (χ0) is 25.7. The van der Waals surface area contributed by atoms with Crippen LogP contribution in [0.5, 0.6) is 0 Å². The number of amides is 1. The van der Waals surface area contributed by atoms with Crippen molar-refractivity contribution in [3.63, 3.8) is 0 Å². The van der Waals surface area contributed by atoms with Crippen molar-refractivity contribution in [3.05, 3.63) is 99.2 Å². The van der Waals surface area contributed by atoms with Gasteiger partial charge >= 0.3 is 0 Å². The summed E-state index contributed by atoms with van der Waals surface area (Å²) in [5.74, 6) is 0.162. The van der Waals surface area contributed by atoms with E-state index in [1.807, 2.05) is 48.2 Å². The van der Waals surface area contributed by atoms with Gasteiger partial charge in [-0.05, 0) is 79.3 Å². The number of aryl methyl sites for hydroxylation is 1. The molecule has 3 aromatic rings. The highest BCUT2D eigenvalue weighted by molar-refractivity contribution is 6.24. The Hall–Kier alpha value is -2.95. The topological polar surface area (TPSA) is 59.2 Å². The fourth-order valence-corrected chi connectivity index (χ4v) is 5.11. The van der Waals surface area contributed by atoms with E-state index in [9.17, 15) is 4.79 Å². The third-order valence-electron chi connectivity index (χ3n) is 6.74. The van der Waals surface area contributed by atoms with Gasteiger partial charge in [0.1, 0.15) is 0 Å². The summed E-state index contributed by atoms with van der Waals surface area (Å²) in [6.07, 6.45) is 6.48. The summed E-state index contributed by atoms with van der Waals surface area (Å²) in [6, 6.07) is 20.3. The first-order valence-electron chi connectivity index (χ1n) is 12.8. The zero-order valence-electron chi connectivity index (χ0n) is 21.5. The summed E-state index contributed by atoms with van der Waals surface area (Å²) < 4.78 is 0. The van der Waals surface area contributed by atoms with E-state index in [2.05, 4.69) is 50.3 Å². The summed E-state index contributed by atoms with van der Waals surface area (Å²) in [6.45, 7) is 7.45. The molecule has 0 fully saturated rings. The van der Waals surface area contributed by atoms with Gasteiger partial charge in [-0.15, -0.1) is 11.6 Å². The second-order valence-electron chi connectivity index (χ2n) is 9.99. The Morgan fingerprint density at radius 1 is 1.14 bits per heavy atom. The van der Waals surface area contributed by atoms with Crippen molar-refractivity contribution in [1.82, 2.24) is 9.88 Å². The highest BCUT2D eigenvalue weighted by Gasteiger charge is 2.31. The summed E-state index contributed by atoms with van der Waals surface area (Å²) in [5, 5.41) is 1.94. The second kappa shape index (κ2) is 11.9. The molecule has 1 amide bonds. The van der Waals surface area contributed by atoms with E-state index in [0.717, 1.165) is 46.7 Å². The molecule has 2 N–H and O–H groups in total. The number of fused-ring (bicyclic) bond motifs is 1. The predicted octanol–water partition coefficient (Wildman–Crippen LogP) is 4.74. The molecular formula is C31H36ClN3O. The number of alkyl halides is 1. The molecule has 1 aromatic heterocycles. The standard InChI is InChI=1S/C31H36ClN3O/c1-21(2)30(35(17-7-16-33)31(36)24-12-10-22(3)11-13-24)29-26(18-23-8-5-4-6-9-23)19-25-14-15-27(32)20-28(25)34-29/h4-6,8-14,19-21,27,30H,7,15-18,33H2,1-3H3. The van der Waals surface area contributed by atoms with E-state index in [1.54, 1.807) is 0 Å². The molecule has 0 bridgehead atoms. The Kier molecular flexibility index (Phi) is 8.60. The van der Waals surface area contributed by atoms with Crippen molar-refractivity contribution in [2.75, 3.05) is 13.1 Å². The van der Waals surface area contributed by atoms with Crippen LogP contribution in [0.4, 0.5) is 0 Å². The first kappa shape index (κ1) is 26.1. The van der Waals surface area contributed by atoms with Gasteiger partial charge in [-0.25, -0.2) is 0 Å². The number of halogens is 1.